The molecule has 84 valence electrons. The molecule has 1 aromatic rings. The van der Waals surface area contributed by atoms with Crippen LogP contribution in [0, 0.1) is 18.3 Å². The predicted molar refractivity (Wildman–Crippen MR) is 60.2 cm³/mol. The maximum atomic E-state index is 8.90. The lowest BCUT2D eigenvalue weighted by Gasteiger charge is -2.24. The SMILES string of the molecule is Cc1c(C#N)ccnc1OC1CCCNC1. The Morgan fingerprint density at radius 2 is 2.50 bits per heavy atom. The zero-order valence-corrected chi connectivity index (χ0v) is 9.36. The van der Waals surface area contributed by atoms with Crippen molar-refractivity contribution in [3.63, 3.8) is 0 Å². The van der Waals surface area contributed by atoms with Gasteiger partial charge in [0.15, 0.2) is 0 Å². The Bertz CT molecular complexity index is 405. The summed E-state index contributed by atoms with van der Waals surface area (Å²) in [5.41, 5.74) is 1.46. The number of rotatable bonds is 2. The van der Waals surface area contributed by atoms with E-state index >= 15 is 0 Å². The van der Waals surface area contributed by atoms with Crippen LogP contribution in [-0.4, -0.2) is 24.2 Å². The summed E-state index contributed by atoms with van der Waals surface area (Å²) in [4.78, 5) is 4.18. The van der Waals surface area contributed by atoms with E-state index in [0.29, 0.717) is 11.4 Å². The molecule has 1 saturated heterocycles. The maximum Gasteiger partial charge on any atom is 0.217 e. The van der Waals surface area contributed by atoms with Gasteiger partial charge in [-0.05, 0) is 32.4 Å². The fourth-order valence-corrected chi connectivity index (χ4v) is 1.83. The molecule has 0 spiro atoms. The Kier molecular flexibility index (Phi) is 3.37. The molecule has 0 bridgehead atoms. The minimum absolute atomic E-state index is 0.175. The number of nitrogens with one attached hydrogen (secondary N) is 1. The first kappa shape index (κ1) is 10.9. The largest absolute Gasteiger partial charge is 0.473 e. The average molecular weight is 217 g/mol. The Balaban J connectivity index is 2.12. The van der Waals surface area contributed by atoms with Gasteiger partial charge in [-0.15, -0.1) is 0 Å². The molecular formula is C12H15N3O. The summed E-state index contributed by atoms with van der Waals surface area (Å²) in [5, 5.41) is 12.2. The number of hydrogen-bond acceptors (Lipinski definition) is 4. The fourth-order valence-electron chi connectivity index (χ4n) is 1.83. The van der Waals surface area contributed by atoms with Crippen molar-refractivity contribution < 1.29 is 4.74 Å². The number of aromatic nitrogens is 1. The third-order valence-corrected chi connectivity index (χ3v) is 2.81. The van der Waals surface area contributed by atoms with E-state index in [1.807, 2.05) is 6.92 Å². The molecular weight excluding hydrogens is 202 g/mol. The molecule has 0 saturated carbocycles. The second kappa shape index (κ2) is 4.95. The first-order valence-corrected chi connectivity index (χ1v) is 5.54. The molecule has 16 heavy (non-hydrogen) atoms. The molecule has 0 radical (unpaired) electrons. The van der Waals surface area contributed by atoms with Crippen LogP contribution in [0.15, 0.2) is 12.3 Å². The van der Waals surface area contributed by atoms with E-state index in [-0.39, 0.29) is 6.10 Å². The van der Waals surface area contributed by atoms with E-state index in [1.54, 1.807) is 12.3 Å². The Morgan fingerprint density at radius 1 is 1.62 bits per heavy atom. The van der Waals surface area contributed by atoms with Gasteiger partial charge in [0.05, 0.1) is 11.6 Å². The van der Waals surface area contributed by atoms with Gasteiger partial charge in [-0.1, -0.05) is 0 Å². The van der Waals surface area contributed by atoms with Crippen LogP contribution in [0.1, 0.15) is 24.0 Å². The van der Waals surface area contributed by atoms with Crippen molar-refractivity contribution in [2.75, 3.05) is 13.1 Å². The fraction of sp³-hybridized carbons (Fsp3) is 0.500. The van der Waals surface area contributed by atoms with Crippen LogP contribution in [0.2, 0.25) is 0 Å². The summed E-state index contributed by atoms with van der Waals surface area (Å²) >= 11 is 0. The third-order valence-electron chi connectivity index (χ3n) is 2.81. The van der Waals surface area contributed by atoms with Crippen molar-refractivity contribution in [1.82, 2.24) is 10.3 Å². The van der Waals surface area contributed by atoms with Gasteiger partial charge in [0, 0.05) is 18.3 Å². The molecule has 1 aromatic heterocycles. The van der Waals surface area contributed by atoms with Gasteiger partial charge < -0.3 is 10.1 Å². The van der Waals surface area contributed by atoms with Crippen molar-refractivity contribution in [3.8, 4) is 11.9 Å². The van der Waals surface area contributed by atoms with Crippen LogP contribution in [-0.2, 0) is 0 Å². The standard InChI is InChI=1S/C12H15N3O/c1-9-10(7-13)4-6-15-12(9)16-11-3-2-5-14-8-11/h4,6,11,14H,2-3,5,8H2,1H3. The highest BCUT2D eigenvalue weighted by Gasteiger charge is 2.16. The number of hydrogen-bond donors (Lipinski definition) is 1. The van der Waals surface area contributed by atoms with Crippen molar-refractivity contribution in [1.29, 1.82) is 5.26 Å². The van der Waals surface area contributed by atoms with Crippen LogP contribution in [0.4, 0.5) is 0 Å². The summed E-state index contributed by atoms with van der Waals surface area (Å²) < 4.78 is 5.80. The van der Waals surface area contributed by atoms with E-state index < -0.39 is 0 Å². The molecule has 0 amide bonds. The molecule has 0 aromatic carbocycles. The lowest BCUT2D eigenvalue weighted by molar-refractivity contribution is 0.159. The number of ether oxygens (including phenoxy) is 1. The summed E-state index contributed by atoms with van der Waals surface area (Å²) in [7, 11) is 0. The second-order valence-corrected chi connectivity index (χ2v) is 3.99. The van der Waals surface area contributed by atoms with Gasteiger partial charge >= 0.3 is 0 Å². The van der Waals surface area contributed by atoms with E-state index in [9.17, 15) is 0 Å². The normalized spacial score (nSPS) is 20.1. The Labute approximate surface area is 95.3 Å². The van der Waals surface area contributed by atoms with E-state index in [1.165, 1.54) is 0 Å². The van der Waals surface area contributed by atoms with E-state index in [4.69, 9.17) is 10.00 Å². The molecule has 1 unspecified atom stereocenters. The lowest BCUT2D eigenvalue weighted by Crippen LogP contribution is -2.37. The zero-order chi connectivity index (χ0) is 11.4. The molecule has 4 nitrogen and oxygen atoms in total. The highest BCUT2D eigenvalue weighted by Crippen LogP contribution is 2.20. The van der Waals surface area contributed by atoms with Crippen molar-refractivity contribution in [2.45, 2.75) is 25.9 Å². The Morgan fingerprint density at radius 3 is 3.19 bits per heavy atom. The van der Waals surface area contributed by atoms with Gasteiger partial charge in [0.1, 0.15) is 6.10 Å². The minimum atomic E-state index is 0.175. The summed E-state index contributed by atoms with van der Waals surface area (Å²) in [6.07, 6.45) is 3.97. The van der Waals surface area contributed by atoms with Crippen LogP contribution in [0.25, 0.3) is 0 Å². The van der Waals surface area contributed by atoms with Gasteiger partial charge in [-0.3, -0.25) is 0 Å². The van der Waals surface area contributed by atoms with Crippen molar-refractivity contribution in [3.05, 3.63) is 23.4 Å². The molecule has 1 aliphatic rings. The van der Waals surface area contributed by atoms with Crippen LogP contribution in [0.3, 0.4) is 0 Å². The zero-order valence-electron chi connectivity index (χ0n) is 9.36. The summed E-state index contributed by atoms with van der Waals surface area (Å²) in [5.74, 6) is 0.591. The van der Waals surface area contributed by atoms with E-state index in [0.717, 1.165) is 31.5 Å². The predicted octanol–water partition coefficient (Wildman–Crippen LogP) is 1.39. The molecule has 2 rings (SSSR count). The summed E-state index contributed by atoms with van der Waals surface area (Å²) in [6, 6.07) is 3.85. The van der Waals surface area contributed by atoms with Gasteiger partial charge in [0.25, 0.3) is 0 Å². The van der Waals surface area contributed by atoms with Crippen molar-refractivity contribution >= 4 is 0 Å². The van der Waals surface area contributed by atoms with Crippen LogP contribution in [0.5, 0.6) is 5.88 Å². The quantitative estimate of drug-likeness (QED) is 0.813. The topological polar surface area (TPSA) is 57.9 Å². The highest BCUT2D eigenvalue weighted by molar-refractivity contribution is 5.41. The minimum Gasteiger partial charge on any atom is -0.473 e. The average Bonchev–Trinajstić information content (AvgIpc) is 2.33. The number of piperidine rings is 1. The number of nitrogens with zero attached hydrogens (tertiary/aromatic N) is 2. The number of nitriles is 1. The Hall–Kier alpha value is -1.60. The summed E-state index contributed by atoms with van der Waals surface area (Å²) in [6.45, 7) is 3.79. The van der Waals surface area contributed by atoms with Crippen LogP contribution < -0.4 is 10.1 Å². The van der Waals surface area contributed by atoms with Crippen LogP contribution >= 0.6 is 0 Å². The van der Waals surface area contributed by atoms with E-state index in [2.05, 4.69) is 16.4 Å². The molecule has 1 aliphatic heterocycles. The molecule has 0 aliphatic carbocycles. The lowest BCUT2D eigenvalue weighted by atomic mass is 10.1. The molecule has 1 atom stereocenters. The molecule has 4 heteroatoms. The van der Waals surface area contributed by atoms with Crippen molar-refractivity contribution in [2.24, 2.45) is 0 Å². The highest BCUT2D eigenvalue weighted by atomic mass is 16.5. The second-order valence-electron chi connectivity index (χ2n) is 3.99. The first-order chi connectivity index (χ1) is 7.81. The first-order valence-electron chi connectivity index (χ1n) is 5.54. The van der Waals surface area contributed by atoms with Gasteiger partial charge in [-0.25, -0.2) is 4.98 Å². The molecule has 1 fully saturated rings. The molecule has 1 N–H and O–H groups in total. The third kappa shape index (κ3) is 2.31. The number of pyridine rings is 1. The molecule has 2 heterocycles. The van der Waals surface area contributed by atoms with Gasteiger partial charge in [-0.2, -0.15) is 5.26 Å². The monoisotopic (exact) mass is 217 g/mol. The smallest absolute Gasteiger partial charge is 0.217 e. The van der Waals surface area contributed by atoms with Gasteiger partial charge in [0.2, 0.25) is 5.88 Å². The maximum absolute atomic E-state index is 8.90.